The Morgan fingerprint density at radius 1 is 0.467 bits per heavy atom. The van der Waals surface area contributed by atoms with Crippen LogP contribution in [-0.4, -0.2) is 18.7 Å². The fraction of sp³-hybridized carbons (Fsp3) is 0.217. The normalized spacial score (nSPS) is 14.0. The molecule has 1 aliphatic carbocycles. The van der Waals surface area contributed by atoms with E-state index in [-0.39, 0.29) is 22.3 Å². The number of hydrogen-bond donors (Lipinski definition) is 0. The molecule has 0 saturated heterocycles. The van der Waals surface area contributed by atoms with Crippen LogP contribution in [-0.2, 0) is 42.0 Å². The third-order valence-corrected chi connectivity index (χ3v) is 16.5. The SMILES string of the molecule is CC(C)(C)c1cc(-c2cccc(-c3ccccc3)c2-n2[c](=[Pt])n(C3CCc4ccc(Oc5ccc6c7cc(-c8ccccc8)ccc7n(-c7cc(C(C)(C)C)ccn7)c6c5)cc43)c3ccccc32)cc(C(C)(C)C)c1. The number of aromatic nitrogens is 4. The van der Waals surface area contributed by atoms with Gasteiger partial charge in [0, 0.05) is 6.20 Å². The second kappa shape index (κ2) is 18.5. The summed E-state index contributed by atoms with van der Waals surface area (Å²) in [5.41, 5.74) is 19.4. The first-order valence-corrected chi connectivity index (χ1v) is 27.6. The number of nitrogens with zero attached hydrogens (tertiary/aromatic N) is 4. The molecular weight excluding hydrogens is 1100 g/mol. The minimum absolute atomic E-state index is 0.0284. The van der Waals surface area contributed by atoms with Crippen molar-refractivity contribution in [3.63, 3.8) is 0 Å². The molecule has 8 aromatic carbocycles. The number of hydrogen-bond acceptors (Lipinski definition) is 2. The van der Waals surface area contributed by atoms with Crippen LogP contribution in [0.25, 0.3) is 77.7 Å². The summed E-state index contributed by atoms with van der Waals surface area (Å²) in [5, 5.41) is 2.33. The van der Waals surface area contributed by atoms with Gasteiger partial charge in [0.2, 0.25) is 0 Å². The standard InChI is InChI=1S/C69H64N4O.Pt/c1-67(2,3)50-35-36-70-65(41-50)73-61-34-29-48(45-19-12-10-13-20-45)39-59(61)57-32-31-54(43-64(57)73)74-53-30-27-47-28-33-60(58(47)42-53)71-44-72(63-26-17-16-25-62(63)71)66-55(46-21-14-11-15-22-46)23-18-24-56(66)49-37-51(68(4,5)6)40-52(38-49)69(7,8)9;/h10-27,29-32,34-43,60H,28,33H2,1-9H3;. The zero-order valence-corrected chi connectivity index (χ0v) is 46.8. The van der Waals surface area contributed by atoms with Crippen LogP contribution in [0.1, 0.15) is 103 Å². The number of fused-ring (bicyclic) bond motifs is 5. The van der Waals surface area contributed by atoms with E-state index < -0.39 is 0 Å². The second-order valence-corrected chi connectivity index (χ2v) is 24.6. The Bertz CT molecular complexity index is 4030. The van der Waals surface area contributed by atoms with Gasteiger partial charge in [0.25, 0.3) is 0 Å². The monoisotopic (exact) mass is 1160 g/mol. The Balaban J connectivity index is 0.985. The molecule has 0 aliphatic heterocycles. The number of pyridine rings is 1. The molecule has 1 unspecified atom stereocenters. The summed E-state index contributed by atoms with van der Waals surface area (Å²) in [5.74, 6) is 2.50. The Labute approximate surface area is 452 Å². The van der Waals surface area contributed by atoms with Gasteiger partial charge in [-0.05, 0) is 46.4 Å². The van der Waals surface area contributed by atoms with E-state index in [1.165, 1.54) is 83.3 Å². The van der Waals surface area contributed by atoms with Crippen molar-refractivity contribution >= 4 is 32.8 Å². The summed E-state index contributed by atoms with van der Waals surface area (Å²) in [6.07, 6.45) is 3.92. The molecule has 1 aliphatic rings. The molecule has 376 valence electrons. The van der Waals surface area contributed by atoms with Crippen LogP contribution in [0, 0.1) is 3.80 Å². The van der Waals surface area contributed by atoms with Crippen LogP contribution in [0.15, 0.2) is 194 Å². The summed E-state index contributed by atoms with van der Waals surface area (Å²) in [4.78, 5) is 5.00. The maximum atomic E-state index is 6.99. The number of rotatable bonds is 8. The van der Waals surface area contributed by atoms with E-state index >= 15 is 0 Å². The maximum absolute atomic E-state index is 6.99. The van der Waals surface area contributed by atoms with Gasteiger partial charge in [-0.15, -0.1) is 0 Å². The Morgan fingerprint density at radius 2 is 1.09 bits per heavy atom. The van der Waals surface area contributed by atoms with Crippen LogP contribution < -0.4 is 4.74 Å². The van der Waals surface area contributed by atoms with Crippen molar-refractivity contribution in [3.8, 4) is 56.4 Å². The molecule has 11 aromatic rings. The van der Waals surface area contributed by atoms with Crippen LogP contribution in [0.4, 0.5) is 0 Å². The van der Waals surface area contributed by atoms with Gasteiger partial charge in [-0.2, -0.15) is 0 Å². The van der Waals surface area contributed by atoms with Crippen molar-refractivity contribution in [2.24, 2.45) is 0 Å². The molecule has 0 bridgehead atoms. The van der Waals surface area contributed by atoms with Crippen molar-refractivity contribution in [3.05, 3.63) is 226 Å². The van der Waals surface area contributed by atoms with Gasteiger partial charge in [-0.25, -0.2) is 4.98 Å². The van der Waals surface area contributed by atoms with Crippen LogP contribution >= 0.6 is 0 Å². The van der Waals surface area contributed by atoms with Gasteiger partial charge in [-0.1, -0.05) is 57.2 Å². The summed E-state index contributed by atoms with van der Waals surface area (Å²) in [6, 6.07) is 69.2. The third-order valence-electron chi connectivity index (χ3n) is 15.5. The van der Waals surface area contributed by atoms with Gasteiger partial charge < -0.3 is 0 Å². The van der Waals surface area contributed by atoms with Crippen molar-refractivity contribution in [2.75, 3.05) is 0 Å². The fourth-order valence-corrected chi connectivity index (χ4v) is 12.5. The molecule has 5 nitrogen and oxygen atoms in total. The van der Waals surface area contributed by atoms with Gasteiger partial charge in [0.05, 0.1) is 0 Å². The fourth-order valence-electron chi connectivity index (χ4n) is 11.3. The molecule has 3 aromatic heterocycles. The summed E-state index contributed by atoms with van der Waals surface area (Å²) >= 11 is 2.62. The molecule has 0 N–H and O–H groups in total. The zero-order valence-electron chi connectivity index (χ0n) is 44.5. The second-order valence-electron chi connectivity index (χ2n) is 23.6. The molecule has 0 spiro atoms. The van der Waals surface area contributed by atoms with Crippen LogP contribution in [0.2, 0.25) is 0 Å². The van der Waals surface area contributed by atoms with Crippen LogP contribution in [0.5, 0.6) is 11.5 Å². The molecule has 0 radical (unpaired) electrons. The summed E-state index contributed by atoms with van der Waals surface area (Å²) in [6.45, 7) is 20.7. The predicted molar refractivity (Wildman–Crippen MR) is 308 cm³/mol. The Hall–Kier alpha value is -7.33. The molecule has 75 heavy (non-hydrogen) atoms. The molecule has 0 saturated carbocycles. The van der Waals surface area contributed by atoms with Crippen molar-refractivity contribution in [1.29, 1.82) is 0 Å². The van der Waals surface area contributed by atoms with Crippen molar-refractivity contribution in [1.82, 2.24) is 18.7 Å². The van der Waals surface area contributed by atoms with E-state index in [2.05, 4.69) is 283 Å². The third kappa shape index (κ3) is 8.83. The number of aryl methyl sites for hydroxylation is 1. The number of para-hydroxylation sites is 3. The van der Waals surface area contributed by atoms with Gasteiger partial charge in [0.1, 0.15) is 0 Å². The van der Waals surface area contributed by atoms with Crippen molar-refractivity contribution < 1.29 is 24.1 Å². The molecule has 0 amide bonds. The Morgan fingerprint density at radius 3 is 1.79 bits per heavy atom. The minimum atomic E-state index is -0.0351. The van der Waals surface area contributed by atoms with Crippen LogP contribution in [0.3, 0.4) is 0 Å². The van der Waals surface area contributed by atoms with E-state index in [9.17, 15) is 0 Å². The Kier molecular flexibility index (Phi) is 12.0. The van der Waals surface area contributed by atoms with Gasteiger partial charge in [-0.3, -0.25) is 0 Å². The molecular formula is C69H64N4OPt. The average molecular weight is 1160 g/mol. The molecule has 0 fully saturated rings. The summed E-state index contributed by atoms with van der Waals surface area (Å²) in [7, 11) is 0. The molecule has 1 atom stereocenters. The first-order chi connectivity index (χ1) is 36.0. The number of benzene rings is 8. The average Bonchev–Trinajstić information content (AvgIpc) is 4.06. The quantitative estimate of drug-likeness (QED) is 0.152. The van der Waals surface area contributed by atoms with Gasteiger partial charge in [0.15, 0.2) is 0 Å². The zero-order chi connectivity index (χ0) is 52.0. The molecule has 3 heterocycles. The number of imidazole rings is 1. The molecule has 12 rings (SSSR count). The van der Waals surface area contributed by atoms with Crippen molar-refractivity contribution in [2.45, 2.75) is 97.4 Å². The first-order valence-electron chi connectivity index (χ1n) is 26.4. The first kappa shape index (κ1) is 48.6. The molecule has 6 heteroatoms. The van der Waals surface area contributed by atoms with E-state index in [1.807, 2.05) is 6.20 Å². The summed E-state index contributed by atoms with van der Waals surface area (Å²) < 4.78 is 15.6. The van der Waals surface area contributed by atoms with Gasteiger partial charge >= 0.3 is 341 Å². The van der Waals surface area contributed by atoms with E-state index in [4.69, 9.17) is 9.72 Å². The topological polar surface area (TPSA) is 36.9 Å². The van der Waals surface area contributed by atoms with E-state index in [1.54, 1.807) is 0 Å². The number of ether oxygens (including phenoxy) is 1. The van der Waals surface area contributed by atoms with E-state index in [0.29, 0.717) is 0 Å². The van der Waals surface area contributed by atoms with E-state index in [0.717, 1.165) is 50.4 Å². The predicted octanol–water partition coefficient (Wildman–Crippen LogP) is 18.2.